The van der Waals surface area contributed by atoms with Gasteiger partial charge in [0, 0.05) is 39.1 Å². The summed E-state index contributed by atoms with van der Waals surface area (Å²) >= 11 is 0. The molecule has 1 aromatic carbocycles. The molecule has 1 atom stereocenters. The lowest BCUT2D eigenvalue weighted by atomic mass is 9.76. The number of esters is 1. The maximum Gasteiger partial charge on any atom is 0.308 e. The molecule has 0 aromatic heterocycles. The smallest absolute Gasteiger partial charge is 0.308 e. The number of carbonyl (C=O) groups excluding carboxylic acids is 1. The van der Waals surface area contributed by atoms with Gasteiger partial charge in [0.2, 0.25) is 0 Å². The van der Waals surface area contributed by atoms with Crippen LogP contribution in [0.4, 0.5) is 0 Å². The zero-order chi connectivity index (χ0) is 16.2. The van der Waals surface area contributed by atoms with Gasteiger partial charge in [0.25, 0.3) is 0 Å². The number of piperazine rings is 1. The van der Waals surface area contributed by atoms with Gasteiger partial charge in [0.1, 0.15) is 0 Å². The minimum absolute atomic E-state index is 0. The third-order valence-corrected chi connectivity index (χ3v) is 4.92. The zero-order valence-electron chi connectivity index (χ0n) is 14.8. The molecular formula is C18H28Cl2N2O3. The number of rotatable bonds is 5. The molecule has 0 radical (unpaired) electrons. The Morgan fingerprint density at radius 2 is 1.88 bits per heavy atom. The van der Waals surface area contributed by atoms with Crippen molar-refractivity contribution in [3.05, 3.63) is 23.8 Å². The van der Waals surface area contributed by atoms with E-state index in [1.165, 1.54) is 31.7 Å². The number of methoxy groups -OCH3 is 1. The van der Waals surface area contributed by atoms with E-state index in [2.05, 4.69) is 16.3 Å². The Hall–Kier alpha value is -1.01. The fourth-order valence-electron chi connectivity index (χ4n) is 3.60. The second-order valence-corrected chi connectivity index (χ2v) is 6.43. The fraction of sp³-hybridized carbons (Fsp3) is 0.611. The molecule has 1 aliphatic carbocycles. The van der Waals surface area contributed by atoms with Crippen LogP contribution in [0.1, 0.15) is 37.8 Å². The van der Waals surface area contributed by atoms with Gasteiger partial charge in [-0.05, 0) is 36.5 Å². The number of ether oxygens (including phenoxy) is 2. The monoisotopic (exact) mass is 390 g/mol. The van der Waals surface area contributed by atoms with Crippen LogP contribution in [0, 0.1) is 5.92 Å². The molecule has 1 N–H and O–H groups in total. The van der Waals surface area contributed by atoms with Crippen LogP contribution in [-0.4, -0.2) is 44.2 Å². The molecule has 1 saturated carbocycles. The van der Waals surface area contributed by atoms with E-state index in [1.807, 2.05) is 12.1 Å². The van der Waals surface area contributed by atoms with Gasteiger partial charge in [-0.25, -0.2) is 0 Å². The second kappa shape index (κ2) is 10.2. The number of hydrogen-bond donors (Lipinski definition) is 1. The lowest BCUT2D eigenvalue weighted by Crippen LogP contribution is -2.47. The fourth-order valence-corrected chi connectivity index (χ4v) is 3.60. The average Bonchev–Trinajstić information content (AvgIpc) is 2.51. The second-order valence-electron chi connectivity index (χ2n) is 6.43. The summed E-state index contributed by atoms with van der Waals surface area (Å²) in [5, 5.41) is 3.43. The van der Waals surface area contributed by atoms with Crippen molar-refractivity contribution < 1.29 is 14.3 Å². The topological polar surface area (TPSA) is 50.8 Å². The maximum atomic E-state index is 11.2. The predicted octanol–water partition coefficient (Wildman–Crippen LogP) is 3.21. The highest BCUT2D eigenvalue weighted by Crippen LogP contribution is 2.43. The minimum atomic E-state index is -0.325. The number of benzene rings is 1. The predicted molar refractivity (Wildman–Crippen MR) is 103 cm³/mol. The summed E-state index contributed by atoms with van der Waals surface area (Å²) in [5.74, 6) is 1.53. The van der Waals surface area contributed by atoms with Crippen molar-refractivity contribution in [2.24, 2.45) is 5.92 Å². The summed E-state index contributed by atoms with van der Waals surface area (Å²) in [6.07, 6.45) is 3.92. The molecule has 1 heterocycles. The van der Waals surface area contributed by atoms with Crippen molar-refractivity contribution >= 4 is 30.8 Å². The molecule has 3 rings (SSSR count). The average molecular weight is 391 g/mol. The highest BCUT2D eigenvalue weighted by Gasteiger charge is 2.34. The van der Waals surface area contributed by atoms with Gasteiger partial charge in [-0.15, -0.1) is 24.8 Å². The third-order valence-electron chi connectivity index (χ3n) is 4.92. The standard InChI is InChI=1S/C18H26N2O3.2ClH/c1-13(21)23-16-7-6-15(12-17(16)22-2)18(14-4-3-5-14)20-10-8-19-9-11-20;;/h6-7,12,14,18-19H,3-5,8-11H2,1-2H3;2*1H/t18-;;/m1../s1. The summed E-state index contributed by atoms with van der Waals surface area (Å²) in [6, 6.07) is 6.43. The Kier molecular flexibility index (Phi) is 9.00. The van der Waals surface area contributed by atoms with Crippen LogP contribution in [0.3, 0.4) is 0 Å². The van der Waals surface area contributed by atoms with Crippen LogP contribution in [0.25, 0.3) is 0 Å². The van der Waals surface area contributed by atoms with Gasteiger partial charge in [-0.2, -0.15) is 0 Å². The van der Waals surface area contributed by atoms with Gasteiger partial charge in [0.15, 0.2) is 11.5 Å². The third kappa shape index (κ3) is 5.23. The Labute approximate surface area is 162 Å². The van der Waals surface area contributed by atoms with Crippen LogP contribution in [-0.2, 0) is 4.79 Å². The molecule has 1 aliphatic heterocycles. The molecule has 2 fully saturated rings. The summed E-state index contributed by atoms with van der Waals surface area (Å²) in [5.41, 5.74) is 1.27. The number of nitrogens with zero attached hydrogens (tertiary/aromatic N) is 1. The van der Waals surface area contributed by atoms with Gasteiger partial charge in [-0.1, -0.05) is 12.5 Å². The van der Waals surface area contributed by atoms with Crippen LogP contribution < -0.4 is 14.8 Å². The van der Waals surface area contributed by atoms with Crippen LogP contribution in [0.2, 0.25) is 0 Å². The molecule has 0 amide bonds. The summed E-state index contributed by atoms with van der Waals surface area (Å²) in [7, 11) is 1.62. The maximum absolute atomic E-state index is 11.2. The van der Waals surface area contributed by atoms with E-state index in [1.54, 1.807) is 7.11 Å². The quantitative estimate of drug-likeness (QED) is 0.617. The molecule has 1 saturated heterocycles. The van der Waals surface area contributed by atoms with Gasteiger partial charge in [0.05, 0.1) is 7.11 Å². The first-order valence-electron chi connectivity index (χ1n) is 8.50. The Morgan fingerprint density at radius 1 is 1.20 bits per heavy atom. The van der Waals surface area contributed by atoms with Crippen molar-refractivity contribution in [3.63, 3.8) is 0 Å². The van der Waals surface area contributed by atoms with E-state index in [-0.39, 0.29) is 30.8 Å². The van der Waals surface area contributed by atoms with E-state index in [4.69, 9.17) is 9.47 Å². The Balaban J connectivity index is 0.00000156. The summed E-state index contributed by atoms with van der Waals surface area (Å²) in [4.78, 5) is 13.8. The van der Waals surface area contributed by atoms with E-state index < -0.39 is 0 Å². The number of carbonyl (C=O) groups is 1. The lowest BCUT2D eigenvalue weighted by molar-refractivity contribution is -0.132. The SMILES string of the molecule is COc1cc([C@@H](C2CCC2)N2CCNCC2)ccc1OC(C)=O.Cl.Cl. The summed E-state index contributed by atoms with van der Waals surface area (Å²) in [6.45, 7) is 5.66. The van der Waals surface area contributed by atoms with Crippen molar-refractivity contribution in [1.82, 2.24) is 10.2 Å². The van der Waals surface area contributed by atoms with E-state index in [0.29, 0.717) is 17.5 Å². The van der Waals surface area contributed by atoms with E-state index in [0.717, 1.165) is 32.1 Å². The molecule has 25 heavy (non-hydrogen) atoms. The number of hydrogen-bond acceptors (Lipinski definition) is 5. The normalized spacial score (nSPS) is 19.0. The number of halogens is 2. The molecule has 0 spiro atoms. The van der Waals surface area contributed by atoms with Crippen molar-refractivity contribution in [2.75, 3.05) is 33.3 Å². The van der Waals surface area contributed by atoms with Crippen molar-refractivity contribution in [3.8, 4) is 11.5 Å². The minimum Gasteiger partial charge on any atom is -0.493 e. The first kappa shape index (κ1) is 22.0. The lowest BCUT2D eigenvalue weighted by Gasteiger charge is -2.43. The highest BCUT2D eigenvalue weighted by atomic mass is 35.5. The van der Waals surface area contributed by atoms with Crippen LogP contribution in [0.5, 0.6) is 11.5 Å². The summed E-state index contributed by atoms with van der Waals surface area (Å²) < 4.78 is 10.7. The largest absolute Gasteiger partial charge is 0.493 e. The van der Waals surface area contributed by atoms with Crippen LogP contribution in [0.15, 0.2) is 18.2 Å². The van der Waals surface area contributed by atoms with Crippen molar-refractivity contribution in [1.29, 1.82) is 0 Å². The van der Waals surface area contributed by atoms with Crippen LogP contribution >= 0.6 is 24.8 Å². The Morgan fingerprint density at radius 3 is 2.40 bits per heavy atom. The molecule has 5 nitrogen and oxygen atoms in total. The zero-order valence-corrected chi connectivity index (χ0v) is 16.5. The number of nitrogens with one attached hydrogen (secondary N) is 1. The van der Waals surface area contributed by atoms with E-state index >= 15 is 0 Å². The van der Waals surface area contributed by atoms with Gasteiger partial charge in [-0.3, -0.25) is 9.69 Å². The molecule has 142 valence electrons. The molecule has 1 aromatic rings. The van der Waals surface area contributed by atoms with Gasteiger partial charge < -0.3 is 14.8 Å². The molecule has 2 aliphatic rings. The molecule has 0 bridgehead atoms. The molecule has 0 unspecified atom stereocenters. The van der Waals surface area contributed by atoms with Gasteiger partial charge >= 0.3 is 5.97 Å². The van der Waals surface area contributed by atoms with E-state index in [9.17, 15) is 4.79 Å². The molecule has 7 heteroatoms. The Bertz CT molecular complexity index is 561. The van der Waals surface area contributed by atoms with Crippen molar-refractivity contribution in [2.45, 2.75) is 32.2 Å². The first-order chi connectivity index (χ1) is 11.2. The highest BCUT2D eigenvalue weighted by molar-refractivity contribution is 5.85. The molecular weight excluding hydrogens is 363 g/mol. The first-order valence-corrected chi connectivity index (χ1v) is 8.50.